The molecule has 3 aromatic rings. The molecule has 0 atom stereocenters. The lowest BCUT2D eigenvalue weighted by Gasteiger charge is -2.12. The van der Waals surface area contributed by atoms with Gasteiger partial charge in [-0.1, -0.05) is 18.2 Å². The lowest BCUT2D eigenvalue weighted by molar-refractivity contribution is -0.121. The summed E-state index contributed by atoms with van der Waals surface area (Å²) < 4.78 is 32.7. The SMILES string of the molecule is Cn1cnc2c1c(=O)n(CC(=O)NCc1ccccc1OC(F)F)c(=O)n2C. The Balaban J connectivity index is 1.81. The Morgan fingerprint density at radius 1 is 1.25 bits per heavy atom. The molecule has 28 heavy (non-hydrogen) atoms. The minimum Gasteiger partial charge on any atom is -0.434 e. The Bertz CT molecular complexity index is 1150. The van der Waals surface area contributed by atoms with Crippen molar-refractivity contribution in [2.24, 2.45) is 14.1 Å². The van der Waals surface area contributed by atoms with Crippen molar-refractivity contribution in [1.29, 1.82) is 0 Å². The Labute approximate surface area is 156 Å². The van der Waals surface area contributed by atoms with Crippen LogP contribution >= 0.6 is 0 Å². The number of rotatable bonds is 6. The van der Waals surface area contributed by atoms with E-state index in [0.717, 1.165) is 4.57 Å². The van der Waals surface area contributed by atoms with Crippen molar-refractivity contribution in [3.63, 3.8) is 0 Å². The first-order valence-corrected chi connectivity index (χ1v) is 8.20. The number of carbonyl (C=O) groups excluding carboxylic acids is 1. The number of fused-ring (bicyclic) bond motifs is 1. The summed E-state index contributed by atoms with van der Waals surface area (Å²) in [4.78, 5) is 41.2. The molecule has 1 amide bonds. The number of carbonyl (C=O) groups is 1. The third kappa shape index (κ3) is 3.63. The summed E-state index contributed by atoms with van der Waals surface area (Å²) in [5.41, 5.74) is -0.598. The number of hydrogen-bond acceptors (Lipinski definition) is 5. The van der Waals surface area contributed by atoms with Gasteiger partial charge in [0.25, 0.3) is 5.56 Å². The molecule has 2 aromatic heterocycles. The van der Waals surface area contributed by atoms with E-state index < -0.39 is 30.3 Å². The first-order valence-electron chi connectivity index (χ1n) is 8.20. The van der Waals surface area contributed by atoms with Gasteiger partial charge in [0.15, 0.2) is 11.2 Å². The molecule has 9 nitrogen and oxygen atoms in total. The molecule has 0 aliphatic carbocycles. The van der Waals surface area contributed by atoms with Gasteiger partial charge in [-0.15, -0.1) is 0 Å². The van der Waals surface area contributed by atoms with Crippen LogP contribution in [0.3, 0.4) is 0 Å². The first-order chi connectivity index (χ1) is 13.3. The zero-order valence-corrected chi connectivity index (χ0v) is 15.1. The highest BCUT2D eigenvalue weighted by molar-refractivity contribution is 5.76. The molecule has 0 saturated heterocycles. The van der Waals surface area contributed by atoms with Crippen LogP contribution in [0.4, 0.5) is 8.78 Å². The minimum absolute atomic E-state index is 0.0674. The van der Waals surface area contributed by atoms with E-state index in [1.807, 2.05) is 0 Å². The normalized spacial score (nSPS) is 11.2. The van der Waals surface area contributed by atoms with Crippen LogP contribution in [-0.2, 0) is 32.0 Å². The Morgan fingerprint density at radius 2 is 1.96 bits per heavy atom. The number of aromatic nitrogens is 4. The van der Waals surface area contributed by atoms with Crippen molar-refractivity contribution in [1.82, 2.24) is 24.0 Å². The fourth-order valence-corrected chi connectivity index (χ4v) is 2.79. The highest BCUT2D eigenvalue weighted by atomic mass is 19.3. The molecule has 0 unspecified atom stereocenters. The van der Waals surface area contributed by atoms with Gasteiger partial charge < -0.3 is 14.6 Å². The summed E-state index contributed by atoms with van der Waals surface area (Å²) in [6, 6.07) is 6.00. The van der Waals surface area contributed by atoms with Gasteiger partial charge in [0, 0.05) is 26.2 Å². The Morgan fingerprint density at radius 3 is 2.68 bits per heavy atom. The van der Waals surface area contributed by atoms with Crippen LogP contribution in [0, 0.1) is 0 Å². The molecule has 0 bridgehead atoms. The van der Waals surface area contributed by atoms with E-state index in [1.54, 1.807) is 13.1 Å². The summed E-state index contributed by atoms with van der Waals surface area (Å²) in [6.07, 6.45) is 1.40. The second-order valence-corrected chi connectivity index (χ2v) is 6.02. The second-order valence-electron chi connectivity index (χ2n) is 6.02. The van der Waals surface area contributed by atoms with Crippen LogP contribution in [0.1, 0.15) is 5.56 Å². The zero-order valence-electron chi connectivity index (χ0n) is 15.1. The molecule has 11 heteroatoms. The number of aryl methyl sites for hydroxylation is 2. The quantitative estimate of drug-likeness (QED) is 0.652. The van der Waals surface area contributed by atoms with Gasteiger partial charge in [-0.05, 0) is 6.07 Å². The lowest BCUT2D eigenvalue weighted by atomic mass is 10.2. The molecule has 148 valence electrons. The van der Waals surface area contributed by atoms with Crippen LogP contribution in [0.2, 0.25) is 0 Å². The lowest BCUT2D eigenvalue weighted by Crippen LogP contribution is -2.43. The molecular formula is C17H17F2N5O4. The van der Waals surface area contributed by atoms with Crippen LogP contribution in [0.25, 0.3) is 11.2 Å². The number of halogens is 2. The molecule has 3 rings (SSSR count). The van der Waals surface area contributed by atoms with Gasteiger partial charge in [-0.2, -0.15) is 8.78 Å². The molecule has 0 aliphatic heterocycles. The second kappa shape index (κ2) is 7.62. The third-order valence-corrected chi connectivity index (χ3v) is 4.17. The fraction of sp³-hybridized carbons (Fsp3) is 0.294. The number of imidazole rings is 1. The average Bonchev–Trinajstić information content (AvgIpc) is 3.04. The molecule has 0 fully saturated rings. The summed E-state index contributed by atoms with van der Waals surface area (Å²) in [6.45, 7) is -3.63. The van der Waals surface area contributed by atoms with Gasteiger partial charge in [-0.3, -0.25) is 14.2 Å². The van der Waals surface area contributed by atoms with E-state index in [2.05, 4.69) is 15.0 Å². The number of benzene rings is 1. The summed E-state index contributed by atoms with van der Waals surface area (Å²) in [5.74, 6) is -0.699. The third-order valence-electron chi connectivity index (χ3n) is 4.17. The Kier molecular flexibility index (Phi) is 5.25. The highest BCUT2D eigenvalue weighted by Gasteiger charge is 2.17. The molecule has 2 heterocycles. The monoisotopic (exact) mass is 393 g/mol. The number of alkyl halides is 2. The molecule has 0 saturated carbocycles. The predicted molar refractivity (Wildman–Crippen MR) is 95.1 cm³/mol. The molecule has 0 spiro atoms. The van der Waals surface area contributed by atoms with E-state index in [1.165, 1.54) is 40.7 Å². The van der Waals surface area contributed by atoms with Crippen LogP contribution in [0.5, 0.6) is 5.75 Å². The van der Waals surface area contributed by atoms with Gasteiger partial charge >= 0.3 is 12.3 Å². The smallest absolute Gasteiger partial charge is 0.387 e. The summed E-state index contributed by atoms with van der Waals surface area (Å²) in [7, 11) is 3.05. The highest BCUT2D eigenvalue weighted by Crippen LogP contribution is 2.19. The first kappa shape index (κ1) is 19.3. The van der Waals surface area contributed by atoms with Crippen molar-refractivity contribution < 1.29 is 18.3 Å². The number of ether oxygens (including phenoxy) is 1. The molecule has 1 N–H and O–H groups in total. The van der Waals surface area contributed by atoms with E-state index in [0.29, 0.717) is 5.56 Å². The van der Waals surface area contributed by atoms with Crippen molar-refractivity contribution in [2.75, 3.05) is 0 Å². The van der Waals surface area contributed by atoms with Gasteiger partial charge in [0.1, 0.15) is 12.3 Å². The summed E-state index contributed by atoms with van der Waals surface area (Å²) in [5, 5.41) is 2.50. The summed E-state index contributed by atoms with van der Waals surface area (Å²) >= 11 is 0. The molecule has 0 radical (unpaired) electrons. The number of nitrogens with zero attached hydrogens (tertiary/aromatic N) is 4. The van der Waals surface area contributed by atoms with Gasteiger partial charge in [0.05, 0.1) is 6.33 Å². The average molecular weight is 393 g/mol. The van der Waals surface area contributed by atoms with Crippen LogP contribution in [-0.4, -0.2) is 31.2 Å². The van der Waals surface area contributed by atoms with Crippen LogP contribution in [0.15, 0.2) is 40.2 Å². The molecule has 0 aliphatic rings. The number of para-hydroxylation sites is 1. The number of amides is 1. The molecule has 1 aromatic carbocycles. The van der Waals surface area contributed by atoms with Crippen molar-refractivity contribution in [3.05, 3.63) is 57.0 Å². The van der Waals surface area contributed by atoms with Crippen molar-refractivity contribution >= 4 is 17.1 Å². The van der Waals surface area contributed by atoms with Crippen molar-refractivity contribution in [2.45, 2.75) is 19.7 Å². The maximum Gasteiger partial charge on any atom is 0.387 e. The maximum atomic E-state index is 12.6. The zero-order chi connectivity index (χ0) is 20.4. The van der Waals surface area contributed by atoms with E-state index in [-0.39, 0.29) is 23.5 Å². The van der Waals surface area contributed by atoms with E-state index in [4.69, 9.17) is 0 Å². The van der Waals surface area contributed by atoms with Gasteiger partial charge in [0.2, 0.25) is 5.91 Å². The van der Waals surface area contributed by atoms with E-state index in [9.17, 15) is 23.2 Å². The predicted octanol–water partition coefficient (Wildman–Crippen LogP) is 0.351. The van der Waals surface area contributed by atoms with E-state index >= 15 is 0 Å². The molecular weight excluding hydrogens is 376 g/mol. The minimum atomic E-state index is -3.00. The van der Waals surface area contributed by atoms with Crippen molar-refractivity contribution in [3.8, 4) is 5.75 Å². The number of hydrogen-bond donors (Lipinski definition) is 1. The topological polar surface area (TPSA) is 100 Å². The fourth-order valence-electron chi connectivity index (χ4n) is 2.79. The van der Waals surface area contributed by atoms with Crippen LogP contribution < -0.4 is 21.3 Å². The standard InChI is InChI=1S/C17H17F2N5O4/c1-22-9-21-14-13(22)15(26)24(17(27)23(14)2)8-12(25)20-7-10-5-3-4-6-11(10)28-16(18)19/h3-6,9,16H,7-8H2,1-2H3,(H,20,25). The number of nitrogens with one attached hydrogen (secondary N) is 1. The maximum absolute atomic E-state index is 12.6. The largest absolute Gasteiger partial charge is 0.434 e. The van der Waals surface area contributed by atoms with Gasteiger partial charge in [-0.25, -0.2) is 14.3 Å². The Hall–Kier alpha value is -3.50.